The van der Waals surface area contributed by atoms with Gasteiger partial charge in [-0.25, -0.2) is 8.78 Å². The number of hydrogen-bond donors (Lipinski definition) is 1. The Morgan fingerprint density at radius 1 is 0.917 bits per heavy atom. The first kappa shape index (κ1) is 15.8. The molecule has 0 saturated carbocycles. The first-order valence-electron chi connectivity index (χ1n) is 8.24. The number of halogens is 2. The second kappa shape index (κ2) is 6.67. The molecule has 0 fully saturated rings. The summed E-state index contributed by atoms with van der Waals surface area (Å²) in [5.41, 5.74) is 3.95. The summed E-state index contributed by atoms with van der Waals surface area (Å²) in [6.45, 7) is 1.73. The van der Waals surface area contributed by atoms with Gasteiger partial charge in [-0.1, -0.05) is 12.1 Å². The van der Waals surface area contributed by atoms with Crippen molar-refractivity contribution in [1.82, 2.24) is 5.23 Å². The van der Waals surface area contributed by atoms with Crippen LogP contribution in [0.25, 0.3) is 0 Å². The van der Waals surface area contributed by atoms with E-state index in [-0.39, 0.29) is 25.6 Å². The van der Waals surface area contributed by atoms with Crippen LogP contribution in [0.2, 0.25) is 6.32 Å². The number of nitrogens with one attached hydrogen (secondary N) is 1. The van der Waals surface area contributed by atoms with E-state index in [2.05, 4.69) is 5.23 Å². The molecular weight excluding hydrogens is 310 g/mol. The molecule has 2 heterocycles. The van der Waals surface area contributed by atoms with Crippen LogP contribution in [-0.2, 0) is 22.5 Å². The highest BCUT2D eigenvalue weighted by molar-refractivity contribution is 6.69. The summed E-state index contributed by atoms with van der Waals surface area (Å²) in [5.74, 6) is -0.445. The zero-order valence-corrected chi connectivity index (χ0v) is 13.2. The van der Waals surface area contributed by atoms with Gasteiger partial charge < -0.3 is 14.5 Å². The molecule has 0 radical (unpaired) electrons. The van der Waals surface area contributed by atoms with E-state index in [1.165, 1.54) is 18.2 Å². The topological polar surface area (TPSA) is 30.5 Å². The molecule has 122 valence electrons. The normalized spacial score (nSPS) is 15.8. The number of benzene rings is 2. The van der Waals surface area contributed by atoms with E-state index in [0.717, 1.165) is 41.3 Å². The Balaban J connectivity index is 1.28. The Labute approximate surface area is 140 Å². The third-order valence-corrected chi connectivity index (χ3v) is 4.66. The van der Waals surface area contributed by atoms with Crippen LogP contribution in [0.15, 0.2) is 36.4 Å². The molecule has 0 saturated heterocycles. The van der Waals surface area contributed by atoms with E-state index in [9.17, 15) is 8.78 Å². The summed E-state index contributed by atoms with van der Waals surface area (Å²) < 4.78 is 37.8. The van der Waals surface area contributed by atoms with Crippen LogP contribution in [0, 0.1) is 11.6 Å². The number of rotatable bonds is 5. The fourth-order valence-corrected chi connectivity index (χ4v) is 3.44. The van der Waals surface area contributed by atoms with Crippen LogP contribution in [-0.4, -0.2) is 20.5 Å². The molecule has 3 nitrogen and oxygen atoms in total. The Morgan fingerprint density at radius 3 is 2.38 bits per heavy atom. The number of fused-ring (bicyclic) bond motifs is 2. The molecule has 4 rings (SSSR count). The molecule has 7 heteroatoms. The Hall–Kier alpha value is -1.69. The molecule has 1 N–H and O–H groups in total. The lowest BCUT2D eigenvalue weighted by Crippen LogP contribution is -2.44. The van der Waals surface area contributed by atoms with Gasteiger partial charge in [0.25, 0.3) is 0 Å². The molecular formula is C17H17B2F2NO2. The van der Waals surface area contributed by atoms with Gasteiger partial charge in [-0.05, 0) is 65.6 Å². The third-order valence-electron chi connectivity index (χ3n) is 4.66. The average Bonchev–Trinajstić information content (AvgIpc) is 3.15. The molecule has 0 bridgehead atoms. The van der Waals surface area contributed by atoms with Gasteiger partial charge in [0.15, 0.2) is 0 Å². The molecule has 0 aromatic heterocycles. The van der Waals surface area contributed by atoms with E-state index in [0.29, 0.717) is 13.2 Å². The molecule has 24 heavy (non-hydrogen) atoms. The summed E-state index contributed by atoms with van der Waals surface area (Å²) >= 11 is 0. The smallest absolute Gasteiger partial charge is 0.416 e. The van der Waals surface area contributed by atoms with E-state index < -0.39 is 0 Å². The summed E-state index contributed by atoms with van der Waals surface area (Å²) in [5, 5.41) is 3.35. The van der Waals surface area contributed by atoms with E-state index >= 15 is 0 Å². The number of hydrogen-bond acceptors (Lipinski definition) is 3. The van der Waals surface area contributed by atoms with Crippen molar-refractivity contribution in [2.24, 2.45) is 0 Å². The van der Waals surface area contributed by atoms with E-state index in [1.54, 1.807) is 12.1 Å². The Kier molecular flexibility index (Phi) is 4.39. The molecule has 0 unspecified atom stereocenters. The van der Waals surface area contributed by atoms with Crippen molar-refractivity contribution in [2.75, 3.05) is 6.54 Å². The van der Waals surface area contributed by atoms with Crippen molar-refractivity contribution in [3.8, 4) is 0 Å². The second-order valence-electron chi connectivity index (χ2n) is 6.27. The second-order valence-corrected chi connectivity index (χ2v) is 6.27. The van der Waals surface area contributed by atoms with Gasteiger partial charge in [0.1, 0.15) is 11.6 Å². The van der Waals surface area contributed by atoms with Gasteiger partial charge in [-0.15, -0.1) is 0 Å². The summed E-state index contributed by atoms with van der Waals surface area (Å²) in [6, 6.07) is 9.63. The van der Waals surface area contributed by atoms with E-state index in [4.69, 9.17) is 9.31 Å². The third kappa shape index (κ3) is 3.11. The van der Waals surface area contributed by atoms with Crippen LogP contribution in [0.5, 0.6) is 0 Å². The highest BCUT2D eigenvalue weighted by Crippen LogP contribution is 2.16. The van der Waals surface area contributed by atoms with Crippen LogP contribution in [0.3, 0.4) is 0 Å². The molecule has 2 aliphatic rings. The minimum Gasteiger partial charge on any atom is -0.427 e. The first-order chi connectivity index (χ1) is 11.7. The maximum Gasteiger partial charge on any atom is 0.416 e. The highest BCUT2D eigenvalue weighted by Gasteiger charge is 2.30. The maximum atomic E-state index is 13.2. The van der Waals surface area contributed by atoms with Crippen molar-refractivity contribution in [3.05, 3.63) is 59.2 Å². The van der Waals surface area contributed by atoms with Gasteiger partial charge in [-0.3, -0.25) is 0 Å². The van der Waals surface area contributed by atoms with Crippen LogP contribution in [0.4, 0.5) is 8.78 Å². The molecule has 2 aromatic carbocycles. The lowest BCUT2D eigenvalue weighted by molar-refractivity contribution is 0.321. The van der Waals surface area contributed by atoms with Crippen LogP contribution in [0.1, 0.15) is 17.5 Å². The monoisotopic (exact) mass is 327 g/mol. The molecule has 2 aromatic rings. The minimum atomic E-state index is -0.230. The molecule has 2 aliphatic heterocycles. The zero-order valence-electron chi connectivity index (χ0n) is 13.2. The average molecular weight is 327 g/mol. The quantitative estimate of drug-likeness (QED) is 0.669. The SMILES string of the molecule is Fc1ccc2c(c1)COB2CCCNB1OCc2cc(F)ccc21. The van der Waals surface area contributed by atoms with Crippen molar-refractivity contribution < 1.29 is 18.1 Å². The van der Waals surface area contributed by atoms with Gasteiger partial charge in [0.05, 0.1) is 13.2 Å². The van der Waals surface area contributed by atoms with Crippen molar-refractivity contribution in [1.29, 1.82) is 0 Å². The zero-order chi connectivity index (χ0) is 16.5. The van der Waals surface area contributed by atoms with Gasteiger partial charge >= 0.3 is 14.0 Å². The van der Waals surface area contributed by atoms with Crippen LogP contribution >= 0.6 is 0 Å². The van der Waals surface area contributed by atoms with Gasteiger partial charge in [0.2, 0.25) is 0 Å². The highest BCUT2D eigenvalue weighted by atomic mass is 19.1. The van der Waals surface area contributed by atoms with Crippen LogP contribution < -0.4 is 16.2 Å². The Bertz CT molecular complexity index is 696. The van der Waals surface area contributed by atoms with Gasteiger partial charge in [-0.2, -0.15) is 0 Å². The largest absolute Gasteiger partial charge is 0.427 e. The molecule has 0 aliphatic carbocycles. The first-order valence-corrected chi connectivity index (χ1v) is 8.24. The van der Waals surface area contributed by atoms with Crippen molar-refractivity contribution >= 4 is 24.9 Å². The van der Waals surface area contributed by atoms with E-state index in [1.807, 2.05) is 6.07 Å². The molecule has 0 atom stereocenters. The molecule has 0 spiro atoms. The lowest BCUT2D eigenvalue weighted by Gasteiger charge is -2.10. The summed E-state index contributed by atoms with van der Waals surface area (Å²) in [6.07, 6.45) is 1.78. The predicted octanol–water partition coefficient (Wildman–Crippen LogP) is 1.60. The predicted molar refractivity (Wildman–Crippen MR) is 90.6 cm³/mol. The lowest BCUT2D eigenvalue weighted by atomic mass is 9.58. The standard InChI is InChI=1S/C17H17B2F2NO2/c20-14-2-4-16-12(8-14)10-23-18(16)6-1-7-22-19-17-5-3-15(21)9-13(17)11-24-19/h2-5,8-9,22H,1,6-7,10-11H2. The molecule has 0 amide bonds. The van der Waals surface area contributed by atoms with Crippen molar-refractivity contribution in [2.45, 2.75) is 26.0 Å². The fourth-order valence-electron chi connectivity index (χ4n) is 3.44. The summed E-state index contributed by atoms with van der Waals surface area (Å²) in [7, 11) is -0.175. The van der Waals surface area contributed by atoms with Gasteiger partial charge in [0, 0.05) is 0 Å². The minimum absolute atomic E-state index is 0.0354. The maximum absolute atomic E-state index is 13.2. The fraction of sp³-hybridized carbons (Fsp3) is 0.294. The Morgan fingerprint density at radius 2 is 1.58 bits per heavy atom. The summed E-state index contributed by atoms with van der Waals surface area (Å²) in [4.78, 5) is 0. The van der Waals surface area contributed by atoms with Crippen molar-refractivity contribution in [3.63, 3.8) is 0 Å².